The van der Waals surface area contributed by atoms with Gasteiger partial charge in [-0.1, -0.05) is 0 Å². The average molecular weight is 209 g/mol. The zero-order chi connectivity index (χ0) is 12.7. The second-order valence-electron chi connectivity index (χ2n) is 1.15. The number of rotatable bonds is 0. The van der Waals surface area contributed by atoms with Gasteiger partial charge in [0.1, 0.15) is 0 Å². The third-order valence-electron chi connectivity index (χ3n) is 0. The Morgan fingerprint density at radius 1 is 1.14 bits per heavy atom. The number of nitrogens with one attached hydrogen (secondary N) is 2. The van der Waals surface area contributed by atoms with Crippen molar-refractivity contribution in [1.29, 1.82) is 10.8 Å². The van der Waals surface area contributed by atoms with Crippen molar-refractivity contribution < 1.29 is 10.3 Å². The van der Waals surface area contributed by atoms with Gasteiger partial charge in [0.15, 0.2) is 11.9 Å². The first-order valence-corrected chi connectivity index (χ1v) is 2.72. The van der Waals surface area contributed by atoms with Gasteiger partial charge in [0.05, 0.1) is 0 Å². The topological polar surface area (TPSA) is 215 Å². The Balaban J connectivity index is -0.0000000492. The fraction of sp³-hybridized carbons (Fsp3) is 0. The van der Waals surface area contributed by atoms with Gasteiger partial charge in [0, 0.05) is 0 Å². The molecule has 0 saturated heterocycles. The van der Waals surface area contributed by atoms with Gasteiger partial charge in [-0.3, -0.25) is 10.8 Å². The molecule has 0 unspecified atom stereocenters. The smallest absolute Gasteiger partial charge is 0.291 e. The van der Waals surface area contributed by atoms with E-state index in [9.17, 15) is 0 Å². The van der Waals surface area contributed by atoms with Gasteiger partial charge in [-0.2, -0.15) is 0 Å². The summed E-state index contributed by atoms with van der Waals surface area (Å²) in [7, 11) is 0. The van der Waals surface area contributed by atoms with E-state index in [0.29, 0.717) is 0 Å². The highest BCUT2D eigenvalue weighted by atomic mass is 16.9. The number of hydrogen-bond acceptors (Lipinski definition) is 4. The Bertz CT molecular complexity index is 130. The summed E-state index contributed by atoms with van der Waals surface area (Å²) in [5, 5.41) is 25.8. The Kier molecular flexibility index (Phi) is 36.1. The zero-order valence-electron chi connectivity index (χ0n) is 7.43. The van der Waals surface area contributed by atoms with Crippen LogP contribution in [0.3, 0.4) is 0 Å². The number of nitrogens with two attached hydrogens (primary N) is 4. The summed E-state index contributed by atoms with van der Waals surface area (Å²) in [5.41, 5.74) is 17.9. The van der Waals surface area contributed by atoms with Crippen molar-refractivity contribution in [3.05, 3.63) is 23.3 Å². The van der Waals surface area contributed by atoms with Crippen LogP contribution in [0.15, 0.2) is 13.2 Å². The molecule has 0 amide bonds. The monoisotopic (exact) mass is 209 g/mol. The lowest BCUT2D eigenvalue weighted by Crippen LogP contribution is -2.20. The van der Waals surface area contributed by atoms with Crippen LogP contribution in [0.4, 0.5) is 0 Å². The van der Waals surface area contributed by atoms with Gasteiger partial charge in [-0.05, 0) is 0 Å². The predicted molar refractivity (Wildman–Crippen MR) is 52.2 cm³/mol. The summed E-state index contributed by atoms with van der Waals surface area (Å²) in [6.07, 6.45) is 0. The second kappa shape index (κ2) is 22.4. The molecule has 0 radical (unpaired) electrons. The molecule has 0 fully saturated rings. The van der Waals surface area contributed by atoms with E-state index in [4.69, 9.17) is 26.1 Å². The number of nitrogens with zero attached hydrogens (tertiary/aromatic N) is 1. The Labute approximate surface area is 80.3 Å². The molecular weight excluding hydrogens is 194 g/mol. The van der Waals surface area contributed by atoms with Crippen LogP contribution in [0.25, 0.3) is 0 Å². The molecule has 0 aromatic carbocycles. The fourth-order valence-electron chi connectivity index (χ4n) is 0. The van der Waals surface area contributed by atoms with E-state index in [1.165, 1.54) is 0 Å². The van der Waals surface area contributed by atoms with Crippen molar-refractivity contribution >= 4 is 11.9 Å². The number of hydrogen-bond donors (Lipinski definition) is 7. The third kappa shape index (κ3) is 107. The first kappa shape index (κ1) is 22.5. The summed E-state index contributed by atoms with van der Waals surface area (Å²) >= 11 is 0. The van der Waals surface area contributed by atoms with Crippen LogP contribution in [0.2, 0.25) is 0 Å². The van der Waals surface area contributed by atoms with Crippen LogP contribution in [0.5, 0.6) is 0 Å². The first-order valence-electron chi connectivity index (χ1n) is 2.72. The molecule has 0 bridgehead atoms. The van der Waals surface area contributed by atoms with Crippen LogP contribution in [0, 0.1) is 20.9 Å². The quantitative estimate of drug-likeness (QED) is 0.0791. The highest BCUT2D eigenvalue weighted by Gasteiger charge is 1.65. The van der Waals surface area contributed by atoms with Crippen molar-refractivity contribution in [3.63, 3.8) is 0 Å². The molecule has 11 N–H and O–H groups in total. The second-order valence-corrected chi connectivity index (χ2v) is 1.15. The largest absolute Gasteiger partial charge is 0.370 e. The van der Waals surface area contributed by atoms with Crippen LogP contribution in [0.1, 0.15) is 0 Å². The number of guanidine groups is 2. The van der Waals surface area contributed by atoms with Gasteiger partial charge in [0.2, 0.25) is 0 Å². The van der Waals surface area contributed by atoms with Gasteiger partial charge in [-0.25, -0.2) is 0 Å². The standard InChI is InChI=1S/C2H4.2CH5N3.HNO3/c1-2;3*2-1(3)4/h1-2H2;2*(H5,2,3,4);(H,2,3,4). The molecule has 0 aliphatic rings. The zero-order valence-corrected chi connectivity index (χ0v) is 7.43. The van der Waals surface area contributed by atoms with Crippen molar-refractivity contribution in [2.24, 2.45) is 22.9 Å². The Morgan fingerprint density at radius 3 is 1.14 bits per heavy atom. The van der Waals surface area contributed by atoms with E-state index in [0.717, 1.165) is 0 Å². The predicted octanol–water partition coefficient (Wildman–Crippen LogP) is -1.87. The van der Waals surface area contributed by atoms with E-state index < -0.39 is 5.09 Å². The van der Waals surface area contributed by atoms with E-state index in [2.05, 4.69) is 36.1 Å². The maximum atomic E-state index is 8.36. The molecule has 0 aromatic heterocycles. The molecule has 0 spiro atoms. The maximum Gasteiger partial charge on any atom is 0.291 e. The van der Waals surface area contributed by atoms with Gasteiger partial charge in [-0.15, -0.1) is 23.3 Å². The minimum absolute atomic E-state index is 0.333. The molecule has 0 saturated carbocycles. The van der Waals surface area contributed by atoms with Crippen LogP contribution in [-0.4, -0.2) is 22.2 Å². The highest BCUT2D eigenvalue weighted by Crippen LogP contribution is 1.38. The maximum absolute atomic E-state index is 8.36. The summed E-state index contributed by atoms with van der Waals surface area (Å²) in [4.78, 5) is 8.36. The van der Waals surface area contributed by atoms with Gasteiger partial charge >= 0.3 is 0 Å². The highest BCUT2D eigenvalue weighted by molar-refractivity contribution is 5.72. The lowest BCUT2D eigenvalue weighted by Gasteiger charge is -1.69. The van der Waals surface area contributed by atoms with E-state index in [-0.39, 0.29) is 11.9 Å². The van der Waals surface area contributed by atoms with Gasteiger partial charge in [0.25, 0.3) is 5.09 Å². The van der Waals surface area contributed by atoms with Crippen molar-refractivity contribution in [2.75, 3.05) is 0 Å². The Morgan fingerprint density at radius 2 is 1.14 bits per heavy atom. The molecule has 14 heavy (non-hydrogen) atoms. The lowest BCUT2D eigenvalue weighted by atomic mass is 11.1. The minimum atomic E-state index is -1.50. The van der Waals surface area contributed by atoms with Gasteiger partial charge < -0.3 is 28.1 Å². The molecule has 0 heterocycles. The van der Waals surface area contributed by atoms with Crippen LogP contribution >= 0.6 is 0 Å². The molecule has 0 aliphatic heterocycles. The van der Waals surface area contributed by atoms with E-state index in [1.54, 1.807) is 0 Å². The molecule has 84 valence electrons. The molecule has 0 atom stereocenters. The Hall–Kier alpha value is -2.52. The van der Waals surface area contributed by atoms with Crippen molar-refractivity contribution in [1.82, 2.24) is 0 Å². The SMILES string of the molecule is C=C.N=C(N)N.N=C(N)N.O=[N+]([O-])O. The normalized spacial score (nSPS) is 5.43. The molecular formula is C4H15N7O3. The summed E-state index contributed by atoms with van der Waals surface area (Å²) in [6, 6.07) is 0. The van der Waals surface area contributed by atoms with E-state index in [1.807, 2.05) is 0 Å². The fourth-order valence-corrected chi connectivity index (χ4v) is 0. The summed E-state index contributed by atoms with van der Waals surface area (Å²) in [6.45, 7) is 6.00. The third-order valence-corrected chi connectivity index (χ3v) is 0. The van der Waals surface area contributed by atoms with Crippen molar-refractivity contribution in [3.8, 4) is 0 Å². The summed E-state index contributed by atoms with van der Waals surface area (Å²) in [5.74, 6) is -0.667. The van der Waals surface area contributed by atoms with Crippen LogP contribution < -0.4 is 22.9 Å². The molecule has 10 nitrogen and oxygen atoms in total. The summed E-state index contributed by atoms with van der Waals surface area (Å²) < 4.78 is 0. The molecule has 0 aliphatic carbocycles. The molecule has 10 heteroatoms. The first-order chi connectivity index (χ1) is 6.20. The molecule has 0 aromatic rings. The molecule has 0 rings (SSSR count). The lowest BCUT2D eigenvalue weighted by molar-refractivity contribution is -0.742. The van der Waals surface area contributed by atoms with Crippen LogP contribution in [-0.2, 0) is 0 Å². The van der Waals surface area contributed by atoms with Crippen molar-refractivity contribution in [2.45, 2.75) is 0 Å². The minimum Gasteiger partial charge on any atom is -0.370 e. The van der Waals surface area contributed by atoms with E-state index >= 15 is 0 Å². The average Bonchev–Trinajstić information content (AvgIpc) is 1.86.